The lowest BCUT2D eigenvalue weighted by Crippen LogP contribution is -2.43. The monoisotopic (exact) mass is 313 g/mol. The van der Waals surface area contributed by atoms with Gasteiger partial charge in [0.15, 0.2) is 0 Å². The number of fused-ring (bicyclic) bond motifs is 1. The highest BCUT2D eigenvalue weighted by Gasteiger charge is 2.36. The number of nitrogens with zero attached hydrogens (tertiary/aromatic N) is 1. The molecule has 0 fully saturated rings. The van der Waals surface area contributed by atoms with Gasteiger partial charge in [-0.15, -0.1) is 0 Å². The SMILES string of the molecule is COC(C)CS(=O)(=O)N1Cc2ccccc2C(C(=O)O)C1. The molecule has 2 unspecified atom stereocenters. The normalized spacial score (nSPS) is 20.8. The van der Waals surface area contributed by atoms with E-state index in [2.05, 4.69) is 0 Å². The molecule has 7 heteroatoms. The minimum atomic E-state index is -3.56. The number of ether oxygens (including phenoxy) is 1. The van der Waals surface area contributed by atoms with Gasteiger partial charge in [-0.2, -0.15) is 4.31 Å². The van der Waals surface area contributed by atoms with Crippen LogP contribution in [0.15, 0.2) is 24.3 Å². The summed E-state index contributed by atoms with van der Waals surface area (Å²) >= 11 is 0. The lowest BCUT2D eigenvalue weighted by atomic mass is 9.91. The molecule has 0 aliphatic carbocycles. The summed E-state index contributed by atoms with van der Waals surface area (Å²) in [4.78, 5) is 11.4. The number of sulfonamides is 1. The van der Waals surface area contributed by atoms with Crippen LogP contribution in [0.25, 0.3) is 0 Å². The van der Waals surface area contributed by atoms with Gasteiger partial charge in [-0.1, -0.05) is 24.3 Å². The molecule has 2 atom stereocenters. The highest BCUT2D eigenvalue weighted by molar-refractivity contribution is 7.89. The van der Waals surface area contributed by atoms with Crippen LogP contribution in [0.4, 0.5) is 0 Å². The fraction of sp³-hybridized carbons (Fsp3) is 0.500. The van der Waals surface area contributed by atoms with Crippen molar-refractivity contribution in [1.82, 2.24) is 4.31 Å². The topological polar surface area (TPSA) is 83.9 Å². The minimum absolute atomic E-state index is 0.0366. The highest BCUT2D eigenvalue weighted by Crippen LogP contribution is 2.30. The molecule has 2 rings (SSSR count). The van der Waals surface area contributed by atoms with E-state index in [9.17, 15) is 18.3 Å². The van der Waals surface area contributed by atoms with Gasteiger partial charge in [0.25, 0.3) is 0 Å². The summed E-state index contributed by atoms with van der Waals surface area (Å²) in [5, 5.41) is 9.35. The van der Waals surface area contributed by atoms with Gasteiger partial charge in [0.2, 0.25) is 10.0 Å². The van der Waals surface area contributed by atoms with Crippen molar-refractivity contribution in [2.45, 2.75) is 25.5 Å². The maximum atomic E-state index is 12.4. The summed E-state index contributed by atoms with van der Waals surface area (Å²) in [5.41, 5.74) is 1.43. The molecule has 0 spiro atoms. The second-order valence-corrected chi connectivity index (χ2v) is 7.22. The van der Waals surface area contributed by atoms with Gasteiger partial charge in [-0.25, -0.2) is 8.42 Å². The standard InChI is InChI=1S/C14H19NO5S/c1-10(20-2)9-21(18,19)15-7-11-5-3-4-6-12(11)13(8-15)14(16)17/h3-6,10,13H,7-9H2,1-2H3,(H,16,17). The number of benzene rings is 1. The predicted molar refractivity (Wildman–Crippen MR) is 77.5 cm³/mol. The minimum Gasteiger partial charge on any atom is -0.481 e. The molecule has 1 heterocycles. The van der Waals surface area contributed by atoms with Gasteiger partial charge in [0.05, 0.1) is 17.8 Å². The molecule has 0 saturated heterocycles. The number of methoxy groups -OCH3 is 1. The number of rotatable bonds is 5. The molecule has 1 aliphatic rings. The van der Waals surface area contributed by atoms with Gasteiger partial charge in [0, 0.05) is 20.2 Å². The average molecular weight is 313 g/mol. The van der Waals surface area contributed by atoms with Crippen LogP contribution in [0.1, 0.15) is 24.0 Å². The van der Waals surface area contributed by atoms with Crippen molar-refractivity contribution in [1.29, 1.82) is 0 Å². The lowest BCUT2D eigenvalue weighted by molar-refractivity contribution is -0.139. The van der Waals surface area contributed by atoms with Crippen LogP contribution in [0.5, 0.6) is 0 Å². The van der Waals surface area contributed by atoms with Crippen molar-refractivity contribution in [2.75, 3.05) is 19.4 Å². The number of hydrogen-bond donors (Lipinski definition) is 1. The molecular formula is C14H19NO5S. The van der Waals surface area contributed by atoms with Crippen molar-refractivity contribution in [3.63, 3.8) is 0 Å². The molecule has 1 aromatic rings. The molecule has 0 amide bonds. The Hall–Kier alpha value is -1.44. The molecule has 1 N–H and O–H groups in total. The van der Waals surface area contributed by atoms with E-state index in [1.54, 1.807) is 31.2 Å². The van der Waals surface area contributed by atoms with E-state index in [-0.39, 0.29) is 18.8 Å². The molecule has 6 nitrogen and oxygen atoms in total. The summed E-state index contributed by atoms with van der Waals surface area (Å²) in [6.07, 6.45) is -0.435. The fourth-order valence-electron chi connectivity index (χ4n) is 2.47. The Bertz CT molecular complexity index is 628. The Balaban J connectivity index is 2.31. The van der Waals surface area contributed by atoms with Gasteiger partial charge in [0.1, 0.15) is 0 Å². The molecule has 1 aliphatic heterocycles. The first-order chi connectivity index (χ1) is 9.85. The first kappa shape index (κ1) is 15.9. The van der Waals surface area contributed by atoms with Gasteiger partial charge in [-0.3, -0.25) is 4.79 Å². The second-order valence-electron chi connectivity index (χ2n) is 5.21. The van der Waals surface area contributed by atoms with E-state index in [1.807, 2.05) is 0 Å². The van der Waals surface area contributed by atoms with Gasteiger partial charge >= 0.3 is 5.97 Å². The molecule has 21 heavy (non-hydrogen) atoms. The van der Waals surface area contributed by atoms with Crippen molar-refractivity contribution in [3.05, 3.63) is 35.4 Å². The van der Waals surface area contributed by atoms with Crippen molar-refractivity contribution in [3.8, 4) is 0 Å². The third-order valence-corrected chi connectivity index (χ3v) is 5.66. The third-order valence-electron chi connectivity index (χ3n) is 3.70. The summed E-state index contributed by atoms with van der Waals surface area (Å²) in [5.74, 6) is -2.00. The fourth-order valence-corrected chi connectivity index (χ4v) is 4.12. The highest BCUT2D eigenvalue weighted by atomic mass is 32.2. The van der Waals surface area contributed by atoms with Gasteiger partial charge < -0.3 is 9.84 Å². The lowest BCUT2D eigenvalue weighted by Gasteiger charge is -2.32. The summed E-state index contributed by atoms with van der Waals surface area (Å²) < 4.78 is 31.0. The zero-order chi connectivity index (χ0) is 15.6. The van der Waals surface area contributed by atoms with Crippen molar-refractivity contribution >= 4 is 16.0 Å². The smallest absolute Gasteiger partial charge is 0.312 e. The van der Waals surface area contributed by atoms with Crippen LogP contribution in [-0.4, -0.2) is 49.3 Å². The van der Waals surface area contributed by atoms with Crippen LogP contribution < -0.4 is 0 Å². The van der Waals surface area contributed by atoms with Gasteiger partial charge in [-0.05, 0) is 18.1 Å². The quantitative estimate of drug-likeness (QED) is 0.878. The van der Waals surface area contributed by atoms with Crippen LogP contribution in [0, 0.1) is 0 Å². The molecule has 0 aromatic heterocycles. The summed E-state index contributed by atoms with van der Waals surface area (Å²) in [6.45, 7) is 1.84. The molecule has 0 radical (unpaired) electrons. The Labute approximate surface area is 124 Å². The van der Waals surface area contributed by atoms with E-state index < -0.39 is 28.0 Å². The predicted octanol–water partition coefficient (Wildman–Crippen LogP) is 1.04. The van der Waals surface area contributed by atoms with Crippen LogP contribution >= 0.6 is 0 Å². The largest absolute Gasteiger partial charge is 0.481 e. The van der Waals surface area contributed by atoms with Crippen LogP contribution in [-0.2, 0) is 26.1 Å². The Morgan fingerprint density at radius 1 is 1.48 bits per heavy atom. The summed E-state index contributed by atoms with van der Waals surface area (Å²) in [6, 6.07) is 7.07. The van der Waals surface area contributed by atoms with E-state index in [0.717, 1.165) is 5.56 Å². The molecule has 1 aromatic carbocycles. The molecule has 0 bridgehead atoms. The van der Waals surface area contributed by atoms with Crippen molar-refractivity contribution in [2.24, 2.45) is 0 Å². The zero-order valence-electron chi connectivity index (χ0n) is 12.0. The number of carbonyl (C=O) groups is 1. The Morgan fingerprint density at radius 2 is 2.14 bits per heavy atom. The Kier molecular flexibility index (Phi) is 4.65. The van der Waals surface area contributed by atoms with Crippen molar-refractivity contribution < 1.29 is 23.1 Å². The Morgan fingerprint density at radius 3 is 2.76 bits per heavy atom. The zero-order valence-corrected chi connectivity index (χ0v) is 12.8. The van der Waals surface area contributed by atoms with E-state index in [0.29, 0.717) is 5.56 Å². The third kappa shape index (κ3) is 3.42. The molecule has 0 saturated carbocycles. The number of carboxylic acids is 1. The van der Waals surface area contributed by atoms with E-state index >= 15 is 0 Å². The first-order valence-electron chi connectivity index (χ1n) is 6.66. The number of hydrogen-bond acceptors (Lipinski definition) is 4. The van der Waals surface area contributed by atoms with Crippen LogP contribution in [0.3, 0.4) is 0 Å². The van der Waals surface area contributed by atoms with Crippen LogP contribution in [0.2, 0.25) is 0 Å². The number of carboxylic acid groups (broad SMARTS) is 1. The van der Waals surface area contributed by atoms with E-state index in [1.165, 1.54) is 11.4 Å². The maximum absolute atomic E-state index is 12.4. The average Bonchev–Trinajstić information content (AvgIpc) is 2.45. The maximum Gasteiger partial charge on any atom is 0.312 e. The first-order valence-corrected chi connectivity index (χ1v) is 8.27. The molecular weight excluding hydrogens is 294 g/mol. The number of aliphatic carboxylic acids is 1. The van der Waals surface area contributed by atoms with E-state index in [4.69, 9.17) is 4.74 Å². The second kappa shape index (κ2) is 6.13. The summed E-state index contributed by atoms with van der Waals surface area (Å²) in [7, 11) is -2.11. The molecule has 116 valence electrons.